The number of rotatable bonds is 6. The van der Waals surface area contributed by atoms with Crippen molar-refractivity contribution in [1.82, 2.24) is 9.78 Å². The van der Waals surface area contributed by atoms with E-state index in [1.807, 2.05) is 0 Å². The fraction of sp³-hybridized carbons (Fsp3) is 0.750. The normalized spacial score (nSPS) is 13.0. The molecule has 92 valence electrons. The van der Waals surface area contributed by atoms with E-state index in [9.17, 15) is 4.79 Å². The van der Waals surface area contributed by atoms with Crippen LogP contribution in [0.25, 0.3) is 0 Å². The summed E-state index contributed by atoms with van der Waals surface area (Å²) in [5, 5.41) is 3.34. The van der Waals surface area contributed by atoms with Gasteiger partial charge in [0.25, 0.3) is 5.56 Å². The van der Waals surface area contributed by atoms with Gasteiger partial charge in [-0.1, -0.05) is 44.7 Å². The molecule has 0 fully saturated rings. The minimum absolute atomic E-state index is 0.0738. The van der Waals surface area contributed by atoms with E-state index in [1.165, 1.54) is 19.3 Å². The van der Waals surface area contributed by atoms with Gasteiger partial charge >= 0.3 is 0 Å². The summed E-state index contributed by atoms with van der Waals surface area (Å²) in [7, 11) is 0. The Morgan fingerprint density at radius 1 is 1.44 bits per heavy atom. The Bertz CT molecular complexity index is 381. The van der Waals surface area contributed by atoms with Crippen LogP contribution in [0.1, 0.15) is 45.1 Å². The third kappa shape index (κ3) is 3.14. The van der Waals surface area contributed by atoms with Gasteiger partial charge in [-0.25, -0.2) is 0 Å². The van der Waals surface area contributed by atoms with Crippen molar-refractivity contribution in [3.63, 3.8) is 0 Å². The lowest BCUT2D eigenvalue weighted by atomic mass is 9.99. The van der Waals surface area contributed by atoms with E-state index in [1.54, 1.807) is 11.6 Å². The van der Waals surface area contributed by atoms with E-state index in [0.717, 1.165) is 13.0 Å². The number of hydrogen-bond acceptors (Lipinski definition) is 1. The van der Waals surface area contributed by atoms with Crippen molar-refractivity contribution < 1.29 is 0 Å². The van der Waals surface area contributed by atoms with Crippen LogP contribution in [-0.2, 0) is 6.54 Å². The third-order valence-electron chi connectivity index (χ3n) is 3.11. The van der Waals surface area contributed by atoms with Crippen molar-refractivity contribution in [2.75, 3.05) is 0 Å². The molecule has 1 rings (SSSR count). The summed E-state index contributed by atoms with van der Waals surface area (Å²) in [6, 6.07) is 0. The molecular weight excluding hydrogens is 224 g/mol. The molecule has 0 aromatic carbocycles. The molecule has 0 spiro atoms. The number of unbranched alkanes of at least 4 members (excludes halogenated alkanes) is 1. The van der Waals surface area contributed by atoms with E-state index in [4.69, 9.17) is 11.6 Å². The maximum Gasteiger partial charge on any atom is 0.268 e. The van der Waals surface area contributed by atoms with Crippen LogP contribution in [0.5, 0.6) is 0 Å². The summed E-state index contributed by atoms with van der Waals surface area (Å²) in [6.45, 7) is 6.95. The molecule has 1 N–H and O–H groups in total. The lowest BCUT2D eigenvalue weighted by molar-refractivity contribution is 0.371. The number of halogens is 1. The zero-order chi connectivity index (χ0) is 12.1. The summed E-state index contributed by atoms with van der Waals surface area (Å²) in [4.78, 5) is 11.4. The molecule has 4 heteroatoms. The monoisotopic (exact) mass is 244 g/mol. The molecule has 1 aromatic rings. The second-order valence-corrected chi connectivity index (χ2v) is 4.74. The topological polar surface area (TPSA) is 37.8 Å². The number of H-pyrrole nitrogens is 1. The Hall–Kier alpha value is -0.700. The first-order chi connectivity index (χ1) is 7.60. The Morgan fingerprint density at radius 3 is 2.56 bits per heavy atom. The SMILES string of the molecule is CCCCC(CC)Cn1[nH]c(=O)c(C)c1Cl. The van der Waals surface area contributed by atoms with E-state index < -0.39 is 0 Å². The van der Waals surface area contributed by atoms with Crippen LogP contribution in [0.3, 0.4) is 0 Å². The van der Waals surface area contributed by atoms with Gasteiger partial charge < -0.3 is 0 Å². The highest BCUT2D eigenvalue weighted by molar-refractivity contribution is 6.30. The minimum atomic E-state index is -0.0738. The molecular formula is C12H21ClN2O. The van der Waals surface area contributed by atoms with Crippen LogP contribution in [-0.4, -0.2) is 9.78 Å². The Kier molecular flexibility index (Phi) is 5.13. The molecule has 0 radical (unpaired) electrons. The molecule has 16 heavy (non-hydrogen) atoms. The first-order valence-corrected chi connectivity index (χ1v) is 6.42. The maximum absolute atomic E-state index is 11.4. The van der Waals surface area contributed by atoms with Gasteiger partial charge in [0.05, 0.1) is 5.56 Å². The van der Waals surface area contributed by atoms with E-state index in [-0.39, 0.29) is 5.56 Å². The van der Waals surface area contributed by atoms with Gasteiger partial charge in [0.2, 0.25) is 0 Å². The summed E-state index contributed by atoms with van der Waals surface area (Å²) in [5.74, 6) is 0.597. The average molecular weight is 245 g/mol. The zero-order valence-electron chi connectivity index (χ0n) is 10.3. The molecule has 0 saturated heterocycles. The van der Waals surface area contributed by atoms with Gasteiger partial charge in [-0.15, -0.1) is 0 Å². The quantitative estimate of drug-likeness (QED) is 0.819. The highest BCUT2D eigenvalue weighted by Crippen LogP contribution is 2.18. The Labute approximate surface area is 102 Å². The van der Waals surface area contributed by atoms with Crippen molar-refractivity contribution in [3.05, 3.63) is 21.1 Å². The smallest absolute Gasteiger partial charge is 0.268 e. The second kappa shape index (κ2) is 6.14. The summed E-state index contributed by atoms with van der Waals surface area (Å²) in [6.07, 6.45) is 4.77. The van der Waals surface area contributed by atoms with Crippen molar-refractivity contribution in [1.29, 1.82) is 0 Å². The number of nitrogens with one attached hydrogen (secondary N) is 1. The number of nitrogens with zero attached hydrogens (tertiary/aromatic N) is 1. The summed E-state index contributed by atoms with van der Waals surface area (Å²) >= 11 is 6.08. The molecule has 1 aromatic heterocycles. The van der Waals surface area contributed by atoms with Gasteiger partial charge in [0.1, 0.15) is 5.15 Å². The Balaban J connectivity index is 2.70. The van der Waals surface area contributed by atoms with E-state index in [0.29, 0.717) is 16.6 Å². The van der Waals surface area contributed by atoms with Crippen molar-refractivity contribution in [2.24, 2.45) is 5.92 Å². The molecule has 1 atom stereocenters. The van der Waals surface area contributed by atoms with Gasteiger partial charge in [0.15, 0.2) is 0 Å². The van der Waals surface area contributed by atoms with Crippen LogP contribution in [0.2, 0.25) is 5.15 Å². The van der Waals surface area contributed by atoms with Crippen LogP contribution in [0, 0.1) is 12.8 Å². The van der Waals surface area contributed by atoms with Crippen molar-refractivity contribution in [3.8, 4) is 0 Å². The lowest BCUT2D eigenvalue weighted by Gasteiger charge is -2.15. The standard InChI is InChI=1S/C12H21ClN2O/c1-4-6-7-10(5-2)8-15-11(13)9(3)12(16)14-15/h10H,4-8H2,1-3H3,(H,14,16). The van der Waals surface area contributed by atoms with Crippen LogP contribution in [0.4, 0.5) is 0 Å². The molecule has 0 aliphatic heterocycles. The van der Waals surface area contributed by atoms with E-state index in [2.05, 4.69) is 18.9 Å². The lowest BCUT2D eigenvalue weighted by Crippen LogP contribution is -2.13. The predicted octanol–water partition coefficient (Wildman–Crippen LogP) is 3.35. The highest BCUT2D eigenvalue weighted by atomic mass is 35.5. The molecule has 3 nitrogen and oxygen atoms in total. The molecule has 0 aliphatic rings. The van der Waals surface area contributed by atoms with Crippen LogP contribution < -0.4 is 5.56 Å². The Morgan fingerprint density at radius 2 is 2.12 bits per heavy atom. The number of aromatic nitrogens is 2. The summed E-state index contributed by atoms with van der Waals surface area (Å²) in [5.41, 5.74) is 0.544. The predicted molar refractivity (Wildman–Crippen MR) is 68.1 cm³/mol. The van der Waals surface area contributed by atoms with Gasteiger partial charge in [-0.2, -0.15) is 0 Å². The second-order valence-electron chi connectivity index (χ2n) is 4.38. The molecule has 1 unspecified atom stereocenters. The molecule has 0 amide bonds. The zero-order valence-corrected chi connectivity index (χ0v) is 11.1. The number of aromatic amines is 1. The van der Waals surface area contributed by atoms with Gasteiger partial charge in [-0.3, -0.25) is 14.6 Å². The van der Waals surface area contributed by atoms with Crippen LogP contribution >= 0.6 is 11.6 Å². The number of hydrogen-bond donors (Lipinski definition) is 1. The highest BCUT2D eigenvalue weighted by Gasteiger charge is 2.12. The first kappa shape index (κ1) is 13.4. The van der Waals surface area contributed by atoms with E-state index >= 15 is 0 Å². The molecule has 1 heterocycles. The largest absolute Gasteiger partial charge is 0.273 e. The first-order valence-electron chi connectivity index (χ1n) is 6.05. The van der Waals surface area contributed by atoms with Gasteiger partial charge in [-0.05, 0) is 19.3 Å². The minimum Gasteiger partial charge on any atom is -0.273 e. The van der Waals surface area contributed by atoms with Crippen LogP contribution in [0.15, 0.2) is 4.79 Å². The average Bonchev–Trinajstić information content (AvgIpc) is 2.52. The molecule has 0 aliphatic carbocycles. The molecule has 0 bridgehead atoms. The summed E-state index contributed by atoms with van der Waals surface area (Å²) < 4.78 is 1.78. The third-order valence-corrected chi connectivity index (χ3v) is 3.60. The fourth-order valence-electron chi connectivity index (χ4n) is 1.85. The fourth-order valence-corrected chi connectivity index (χ4v) is 2.05. The maximum atomic E-state index is 11.4. The van der Waals surface area contributed by atoms with Gasteiger partial charge in [0, 0.05) is 6.54 Å². The molecule has 0 saturated carbocycles. The van der Waals surface area contributed by atoms with Crippen molar-refractivity contribution in [2.45, 2.75) is 53.0 Å². The van der Waals surface area contributed by atoms with Crippen molar-refractivity contribution >= 4 is 11.6 Å².